The Labute approximate surface area is 355 Å². The van der Waals surface area contributed by atoms with Crippen molar-refractivity contribution in [2.75, 3.05) is 6.61 Å². The summed E-state index contributed by atoms with van der Waals surface area (Å²) >= 11 is 12.2. The number of benzene rings is 5. The second-order valence-corrected chi connectivity index (χ2v) is 15.4. The summed E-state index contributed by atoms with van der Waals surface area (Å²) in [6.07, 6.45) is 1.21. The van der Waals surface area contributed by atoms with Crippen LogP contribution in [0.5, 0.6) is 17.2 Å². The Morgan fingerprint density at radius 3 is 2.27 bits per heavy atom. The zero-order valence-corrected chi connectivity index (χ0v) is 33.7. The van der Waals surface area contributed by atoms with E-state index in [1.807, 2.05) is 78.9 Å². The summed E-state index contributed by atoms with van der Waals surface area (Å²) in [4.78, 5) is 42.2. The van der Waals surface area contributed by atoms with Crippen LogP contribution in [0.25, 0.3) is 11.1 Å². The van der Waals surface area contributed by atoms with Gasteiger partial charge in [-0.3, -0.25) is 14.3 Å². The number of aryl methyl sites for hydroxylation is 1. The summed E-state index contributed by atoms with van der Waals surface area (Å²) in [5.74, 6) is -0.573. The molecule has 0 radical (unpaired) electrons. The highest BCUT2D eigenvalue weighted by Gasteiger charge is 2.39. The molecule has 3 heterocycles. The molecule has 0 saturated carbocycles. The number of carbonyl (C=O) groups is 3. The van der Waals surface area contributed by atoms with Crippen LogP contribution in [0, 0.1) is 11.3 Å². The highest BCUT2D eigenvalue weighted by atomic mass is 35.5. The molecule has 302 valence electrons. The molecule has 8 rings (SSSR count). The standard InChI is InChI=1S/C46H37Cl2N5O7/c1-52-39(16-17-50-52)45(55)53-24-34-22-42-41(59-26-43(60-42)32-11-13-35(14-12-32)58-25-29-6-15-36(47)37(48)18-29)21-33(34)20-40(53)44(54)51-38(46(56)57)19-27-2-7-30(8-3-27)31-9-4-28(23-49)5-10-31/h2-18,21-22,38,40,43H,19-20,24-26H2,1H3,(H,51,54)(H,56,57). The Kier molecular flexibility index (Phi) is 11.5. The van der Waals surface area contributed by atoms with Gasteiger partial charge in [0.15, 0.2) is 17.6 Å². The number of ether oxygens (including phenoxy) is 3. The topological polar surface area (TPSA) is 156 Å². The average molecular weight is 843 g/mol. The predicted molar refractivity (Wildman–Crippen MR) is 223 cm³/mol. The number of hydrogen-bond donors (Lipinski definition) is 2. The van der Waals surface area contributed by atoms with Gasteiger partial charge in [-0.15, -0.1) is 0 Å². The van der Waals surface area contributed by atoms with Gasteiger partial charge in [0, 0.05) is 32.6 Å². The number of carboxylic acid groups (broad SMARTS) is 1. The lowest BCUT2D eigenvalue weighted by atomic mass is 9.91. The molecule has 0 fully saturated rings. The normalized spacial score (nSPS) is 15.9. The van der Waals surface area contributed by atoms with E-state index in [1.54, 1.807) is 37.4 Å². The van der Waals surface area contributed by atoms with Crippen LogP contribution in [0.4, 0.5) is 0 Å². The SMILES string of the molecule is Cn1nccc1C(=O)N1Cc2cc3c(cc2CC1C(=O)NC(Cc1ccc(-c2ccc(C#N)cc2)cc1)C(=O)O)OCC(c1ccc(OCc2ccc(Cl)c(Cl)c2)cc1)O3. The summed E-state index contributed by atoms with van der Waals surface area (Å²) in [5, 5.41) is 27.2. The number of aliphatic carboxylic acids is 1. The maximum Gasteiger partial charge on any atom is 0.326 e. The number of fused-ring (bicyclic) bond motifs is 2. The largest absolute Gasteiger partial charge is 0.489 e. The Balaban J connectivity index is 0.976. The molecule has 2 amide bonds. The van der Waals surface area contributed by atoms with E-state index in [0.29, 0.717) is 45.0 Å². The molecule has 0 saturated heterocycles. The van der Waals surface area contributed by atoms with E-state index < -0.39 is 36.0 Å². The Morgan fingerprint density at radius 2 is 1.60 bits per heavy atom. The van der Waals surface area contributed by atoms with Crippen molar-refractivity contribution in [2.45, 2.75) is 44.2 Å². The van der Waals surface area contributed by atoms with Crippen LogP contribution in [0.3, 0.4) is 0 Å². The summed E-state index contributed by atoms with van der Waals surface area (Å²) < 4.78 is 20.0. The summed E-state index contributed by atoms with van der Waals surface area (Å²) in [6.45, 7) is 0.606. The van der Waals surface area contributed by atoms with Gasteiger partial charge < -0.3 is 29.5 Å². The molecule has 3 atom stereocenters. The van der Waals surface area contributed by atoms with Crippen molar-refractivity contribution in [3.63, 3.8) is 0 Å². The van der Waals surface area contributed by atoms with Crippen LogP contribution < -0.4 is 19.5 Å². The molecule has 12 nitrogen and oxygen atoms in total. The molecule has 14 heteroatoms. The average Bonchev–Trinajstić information content (AvgIpc) is 3.70. The van der Waals surface area contributed by atoms with Crippen LogP contribution >= 0.6 is 23.2 Å². The fourth-order valence-electron chi connectivity index (χ4n) is 7.34. The van der Waals surface area contributed by atoms with Gasteiger partial charge in [-0.1, -0.05) is 77.8 Å². The lowest BCUT2D eigenvalue weighted by molar-refractivity contribution is -0.142. The predicted octanol–water partition coefficient (Wildman–Crippen LogP) is 7.74. The first kappa shape index (κ1) is 40.0. The third-order valence-electron chi connectivity index (χ3n) is 10.7. The quantitative estimate of drug-likeness (QED) is 0.133. The van der Waals surface area contributed by atoms with Crippen LogP contribution in [0.1, 0.15) is 50.0 Å². The van der Waals surface area contributed by atoms with Crippen LogP contribution in [0.15, 0.2) is 115 Å². The maximum absolute atomic E-state index is 14.1. The van der Waals surface area contributed by atoms with Gasteiger partial charge in [-0.2, -0.15) is 10.4 Å². The number of halogens is 2. The number of hydrogen-bond acceptors (Lipinski definition) is 8. The number of nitrogens with one attached hydrogen (secondary N) is 1. The zero-order chi connectivity index (χ0) is 41.9. The monoisotopic (exact) mass is 841 g/mol. The van der Waals surface area contributed by atoms with Crippen LogP contribution in [0.2, 0.25) is 10.0 Å². The van der Waals surface area contributed by atoms with Gasteiger partial charge in [-0.05, 0) is 93.5 Å². The number of aromatic nitrogens is 2. The van der Waals surface area contributed by atoms with Gasteiger partial charge in [-0.25, -0.2) is 4.79 Å². The molecule has 1 aromatic heterocycles. The maximum atomic E-state index is 14.1. The van der Waals surface area contributed by atoms with E-state index in [-0.39, 0.29) is 31.7 Å². The minimum Gasteiger partial charge on any atom is -0.489 e. The zero-order valence-electron chi connectivity index (χ0n) is 32.2. The van der Waals surface area contributed by atoms with Crippen molar-refractivity contribution in [3.8, 4) is 34.4 Å². The highest BCUT2D eigenvalue weighted by molar-refractivity contribution is 6.42. The highest BCUT2D eigenvalue weighted by Crippen LogP contribution is 2.41. The molecule has 6 aromatic rings. The molecule has 0 bridgehead atoms. The van der Waals surface area contributed by atoms with Crippen LogP contribution in [-0.4, -0.2) is 56.3 Å². The molecule has 5 aromatic carbocycles. The number of amides is 2. The number of nitrogens with zero attached hydrogens (tertiary/aromatic N) is 4. The molecule has 0 aliphatic carbocycles. The molecule has 2 aliphatic rings. The third-order valence-corrected chi connectivity index (χ3v) is 11.4. The number of nitriles is 1. The minimum absolute atomic E-state index is 0.0159. The number of rotatable bonds is 11. The number of carbonyl (C=O) groups excluding carboxylic acids is 2. The lowest BCUT2D eigenvalue weighted by Gasteiger charge is -2.37. The molecule has 60 heavy (non-hydrogen) atoms. The van der Waals surface area contributed by atoms with E-state index in [0.717, 1.165) is 33.4 Å². The first-order valence-electron chi connectivity index (χ1n) is 19.1. The Morgan fingerprint density at radius 1 is 0.900 bits per heavy atom. The van der Waals surface area contributed by atoms with Gasteiger partial charge in [0.25, 0.3) is 5.91 Å². The van der Waals surface area contributed by atoms with Gasteiger partial charge in [0.1, 0.15) is 36.7 Å². The van der Waals surface area contributed by atoms with E-state index in [4.69, 9.17) is 42.7 Å². The molecule has 2 aliphatic heterocycles. The van der Waals surface area contributed by atoms with Crippen molar-refractivity contribution >= 4 is 41.0 Å². The molecule has 2 N–H and O–H groups in total. The fourth-order valence-corrected chi connectivity index (χ4v) is 7.66. The Hall–Kier alpha value is -6.81. The van der Waals surface area contributed by atoms with Crippen LogP contribution in [-0.2, 0) is 42.6 Å². The third kappa shape index (κ3) is 8.64. The second-order valence-electron chi connectivity index (χ2n) is 14.6. The fraction of sp³-hybridized carbons (Fsp3) is 0.196. The molecular weight excluding hydrogens is 805 g/mol. The first-order chi connectivity index (χ1) is 29.0. The van der Waals surface area contributed by atoms with Crippen molar-refractivity contribution in [1.82, 2.24) is 20.0 Å². The summed E-state index contributed by atoms with van der Waals surface area (Å²) in [6, 6.07) is 32.5. The van der Waals surface area contributed by atoms with Crippen molar-refractivity contribution in [2.24, 2.45) is 7.05 Å². The summed E-state index contributed by atoms with van der Waals surface area (Å²) in [7, 11) is 1.64. The van der Waals surface area contributed by atoms with Crippen molar-refractivity contribution in [3.05, 3.63) is 165 Å². The smallest absolute Gasteiger partial charge is 0.326 e. The number of carboxylic acids is 1. The van der Waals surface area contributed by atoms with Gasteiger partial charge in [0.2, 0.25) is 5.91 Å². The first-order valence-corrected chi connectivity index (χ1v) is 19.8. The molecule has 3 unspecified atom stereocenters. The van der Waals surface area contributed by atoms with E-state index in [2.05, 4.69) is 16.5 Å². The molecular formula is C46H37Cl2N5O7. The minimum atomic E-state index is -1.27. The van der Waals surface area contributed by atoms with E-state index >= 15 is 0 Å². The van der Waals surface area contributed by atoms with Gasteiger partial charge >= 0.3 is 5.97 Å². The van der Waals surface area contributed by atoms with Crippen molar-refractivity contribution in [1.29, 1.82) is 5.26 Å². The van der Waals surface area contributed by atoms with Crippen molar-refractivity contribution < 1.29 is 33.7 Å². The second kappa shape index (κ2) is 17.2. The lowest BCUT2D eigenvalue weighted by Crippen LogP contribution is -2.56. The summed E-state index contributed by atoms with van der Waals surface area (Å²) in [5.41, 5.74) is 6.63. The van der Waals surface area contributed by atoms with Gasteiger partial charge in [0.05, 0.1) is 21.7 Å². The molecule has 0 spiro atoms. The van der Waals surface area contributed by atoms with E-state index in [9.17, 15) is 19.5 Å². The Bertz CT molecular complexity index is 2620. The van der Waals surface area contributed by atoms with E-state index in [1.165, 1.54) is 15.8 Å².